The van der Waals surface area contributed by atoms with Crippen LogP contribution < -0.4 is 5.43 Å². The number of halogens is 1. The fourth-order valence-electron chi connectivity index (χ4n) is 1.72. The van der Waals surface area contributed by atoms with Crippen molar-refractivity contribution in [1.82, 2.24) is 5.43 Å². The van der Waals surface area contributed by atoms with E-state index in [0.717, 1.165) is 0 Å². The van der Waals surface area contributed by atoms with Gasteiger partial charge in [0.2, 0.25) is 0 Å². The third kappa shape index (κ3) is 3.70. The molecule has 3 N–H and O–H groups in total. The SMILES string of the molecule is O=C(NN=Cc1ccccc1C(=O)O)c1cc(Br)ccc1O. The van der Waals surface area contributed by atoms with Gasteiger partial charge in [0, 0.05) is 10.0 Å². The summed E-state index contributed by atoms with van der Waals surface area (Å²) in [6, 6.07) is 10.7. The molecule has 7 heteroatoms. The quantitative estimate of drug-likeness (QED) is 0.574. The van der Waals surface area contributed by atoms with Crippen molar-refractivity contribution in [2.24, 2.45) is 5.10 Å². The van der Waals surface area contributed by atoms with Crippen LogP contribution in [0.3, 0.4) is 0 Å². The molecule has 1 amide bonds. The number of hydrogen-bond acceptors (Lipinski definition) is 4. The van der Waals surface area contributed by atoms with E-state index in [1.807, 2.05) is 0 Å². The maximum Gasteiger partial charge on any atom is 0.336 e. The maximum absolute atomic E-state index is 11.9. The van der Waals surface area contributed by atoms with Gasteiger partial charge in [-0.15, -0.1) is 0 Å². The fourth-order valence-corrected chi connectivity index (χ4v) is 2.08. The smallest absolute Gasteiger partial charge is 0.336 e. The number of rotatable bonds is 4. The highest BCUT2D eigenvalue weighted by molar-refractivity contribution is 9.10. The molecule has 0 saturated heterocycles. The Balaban J connectivity index is 2.14. The molecule has 0 fully saturated rings. The summed E-state index contributed by atoms with van der Waals surface area (Å²) in [7, 11) is 0. The van der Waals surface area contributed by atoms with Crippen LogP contribution in [0.15, 0.2) is 52.0 Å². The van der Waals surface area contributed by atoms with E-state index in [-0.39, 0.29) is 16.9 Å². The average molecular weight is 363 g/mol. The van der Waals surface area contributed by atoms with Gasteiger partial charge < -0.3 is 10.2 Å². The zero-order valence-corrected chi connectivity index (χ0v) is 12.7. The second-order valence-electron chi connectivity index (χ2n) is 4.25. The Morgan fingerprint density at radius 2 is 1.86 bits per heavy atom. The first-order valence-electron chi connectivity index (χ1n) is 6.13. The van der Waals surface area contributed by atoms with E-state index in [1.54, 1.807) is 24.3 Å². The number of carboxylic acids is 1. The van der Waals surface area contributed by atoms with Crippen molar-refractivity contribution in [2.75, 3.05) is 0 Å². The number of hydrazone groups is 1. The second-order valence-corrected chi connectivity index (χ2v) is 5.17. The van der Waals surface area contributed by atoms with Crippen LogP contribution in [0.25, 0.3) is 0 Å². The Bertz CT molecular complexity index is 759. The first-order valence-corrected chi connectivity index (χ1v) is 6.92. The molecule has 6 nitrogen and oxygen atoms in total. The van der Waals surface area contributed by atoms with Crippen molar-refractivity contribution >= 4 is 34.0 Å². The topological polar surface area (TPSA) is 99.0 Å². The van der Waals surface area contributed by atoms with Gasteiger partial charge in [-0.2, -0.15) is 5.10 Å². The minimum absolute atomic E-state index is 0.0537. The predicted molar refractivity (Wildman–Crippen MR) is 84.3 cm³/mol. The van der Waals surface area contributed by atoms with Crippen LogP contribution >= 0.6 is 15.9 Å². The van der Waals surface area contributed by atoms with Crippen LogP contribution in [0.1, 0.15) is 26.3 Å². The van der Waals surface area contributed by atoms with Crippen molar-refractivity contribution in [1.29, 1.82) is 0 Å². The summed E-state index contributed by atoms with van der Waals surface area (Å²) >= 11 is 3.20. The molecule has 0 saturated carbocycles. The number of aromatic carboxylic acids is 1. The molecule has 0 aliphatic heterocycles. The molecule has 112 valence electrons. The van der Waals surface area contributed by atoms with Crippen molar-refractivity contribution in [3.63, 3.8) is 0 Å². The lowest BCUT2D eigenvalue weighted by Gasteiger charge is -2.04. The van der Waals surface area contributed by atoms with Crippen LogP contribution in [0.5, 0.6) is 5.75 Å². The Labute approximate surface area is 134 Å². The molecule has 0 unspecified atom stereocenters. The minimum Gasteiger partial charge on any atom is -0.507 e. The summed E-state index contributed by atoms with van der Waals surface area (Å²) in [6.07, 6.45) is 1.23. The summed E-state index contributed by atoms with van der Waals surface area (Å²) in [5, 5.41) is 22.4. The van der Waals surface area contributed by atoms with Gasteiger partial charge in [-0.3, -0.25) is 4.79 Å². The third-order valence-electron chi connectivity index (χ3n) is 2.76. The second kappa shape index (κ2) is 6.86. The van der Waals surface area contributed by atoms with Crippen LogP contribution in [-0.4, -0.2) is 28.3 Å². The van der Waals surface area contributed by atoms with Crippen LogP contribution in [-0.2, 0) is 0 Å². The molecular formula is C15H11BrN2O4. The lowest BCUT2D eigenvalue weighted by Crippen LogP contribution is -2.18. The van der Waals surface area contributed by atoms with Crippen molar-refractivity contribution in [2.45, 2.75) is 0 Å². The highest BCUT2D eigenvalue weighted by Crippen LogP contribution is 2.21. The van der Waals surface area contributed by atoms with Crippen molar-refractivity contribution in [3.05, 3.63) is 63.6 Å². The van der Waals surface area contributed by atoms with Gasteiger partial charge in [0.05, 0.1) is 17.3 Å². The minimum atomic E-state index is -1.09. The first-order chi connectivity index (χ1) is 10.5. The van der Waals surface area contributed by atoms with Gasteiger partial charge in [0.25, 0.3) is 5.91 Å². The summed E-state index contributed by atoms with van der Waals surface area (Å²) < 4.78 is 0.635. The summed E-state index contributed by atoms with van der Waals surface area (Å²) in [4.78, 5) is 22.9. The highest BCUT2D eigenvalue weighted by Gasteiger charge is 2.11. The number of phenols is 1. The molecule has 0 radical (unpaired) electrons. The van der Waals surface area contributed by atoms with E-state index in [9.17, 15) is 14.7 Å². The van der Waals surface area contributed by atoms with Crippen LogP contribution in [0.2, 0.25) is 0 Å². The lowest BCUT2D eigenvalue weighted by atomic mass is 10.1. The first kappa shape index (κ1) is 15.7. The molecule has 0 aliphatic carbocycles. The van der Waals surface area contributed by atoms with Gasteiger partial charge in [-0.05, 0) is 24.3 Å². The number of nitrogens with zero attached hydrogens (tertiary/aromatic N) is 1. The molecular weight excluding hydrogens is 352 g/mol. The Morgan fingerprint density at radius 1 is 1.14 bits per heavy atom. The number of nitrogens with one attached hydrogen (secondary N) is 1. The fraction of sp³-hybridized carbons (Fsp3) is 0. The number of carbonyl (C=O) groups is 2. The average Bonchev–Trinajstić information content (AvgIpc) is 2.50. The monoisotopic (exact) mass is 362 g/mol. The number of aromatic hydroxyl groups is 1. The third-order valence-corrected chi connectivity index (χ3v) is 3.26. The van der Waals surface area contributed by atoms with Gasteiger partial charge in [-0.1, -0.05) is 34.1 Å². The zero-order valence-electron chi connectivity index (χ0n) is 11.2. The van der Waals surface area contributed by atoms with Gasteiger partial charge >= 0.3 is 5.97 Å². The number of benzene rings is 2. The molecule has 0 aliphatic rings. The van der Waals surface area contributed by atoms with Gasteiger partial charge in [0.15, 0.2) is 0 Å². The lowest BCUT2D eigenvalue weighted by molar-refractivity contribution is 0.0696. The van der Waals surface area contributed by atoms with Crippen LogP contribution in [0, 0.1) is 0 Å². The molecule has 0 spiro atoms. The number of amides is 1. The van der Waals surface area contributed by atoms with E-state index >= 15 is 0 Å². The Morgan fingerprint density at radius 3 is 2.59 bits per heavy atom. The van der Waals surface area contributed by atoms with Crippen LogP contribution in [0.4, 0.5) is 0 Å². The van der Waals surface area contributed by atoms with Gasteiger partial charge in [-0.25, -0.2) is 10.2 Å². The summed E-state index contributed by atoms with van der Waals surface area (Å²) in [5.41, 5.74) is 2.72. The zero-order chi connectivity index (χ0) is 16.1. The van der Waals surface area contributed by atoms with Gasteiger partial charge in [0.1, 0.15) is 5.75 Å². The number of carboxylic acid groups (broad SMARTS) is 1. The predicted octanol–water partition coefficient (Wildman–Crippen LogP) is 2.62. The highest BCUT2D eigenvalue weighted by atomic mass is 79.9. The van der Waals surface area contributed by atoms with Crippen molar-refractivity contribution < 1.29 is 19.8 Å². The number of carbonyl (C=O) groups excluding carboxylic acids is 1. The largest absolute Gasteiger partial charge is 0.507 e. The Hall–Kier alpha value is -2.67. The van der Waals surface area contributed by atoms with E-state index in [0.29, 0.717) is 10.0 Å². The Kier molecular flexibility index (Phi) is 4.90. The standard InChI is InChI=1S/C15H11BrN2O4/c16-10-5-6-13(19)12(7-10)14(20)18-17-8-9-3-1-2-4-11(9)15(21)22/h1-8,19H,(H,18,20)(H,21,22). The molecule has 2 aromatic rings. The molecule has 2 aromatic carbocycles. The molecule has 22 heavy (non-hydrogen) atoms. The summed E-state index contributed by atoms with van der Waals surface area (Å²) in [5.74, 6) is -1.87. The molecule has 0 bridgehead atoms. The normalized spacial score (nSPS) is 10.6. The van der Waals surface area contributed by atoms with Crippen molar-refractivity contribution in [3.8, 4) is 5.75 Å². The summed E-state index contributed by atoms with van der Waals surface area (Å²) in [6.45, 7) is 0. The maximum atomic E-state index is 11.9. The number of phenolic OH excluding ortho intramolecular Hbond substituents is 1. The molecule has 2 rings (SSSR count). The number of hydrogen-bond donors (Lipinski definition) is 3. The van der Waals surface area contributed by atoms with E-state index in [4.69, 9.17) is 5.11 Å². The molecule has 0 aromatic heterocycles. The molecule has 0 heterocycles. The van der Waals surface area contributed by atoms with E-state index < -0.39 is 11.9 Å². The van der Waals surface area contributed by atoms with E-state index in [2.05, 4.69) is 26.5 Å². The van der Waals surface area contributed by atoms with E-state index in [1.165, 1.54) is 24.4 Å². The molecule has 0 atom stereocenters.